The summed E-state index contributed by atoms with van der Waals surface area (Å²) in [5.74, 6) is -0.974. The summed E-state index contributed by atoms with van der Waals surface area (Å²) < 4.78 is -0.566. The van der Waals surface area contributed by atoms with Crippen LogP contribution in [0.2, 0.25) is 0 Å². The van der Waals surface area contributed by atoms with Gasteiger partial charge in [-0.05, 0) is 24.4 Å². The van der Waals surface area contributed by atoms with Crippen LogP contribution in [0.25, 0.3) is 10.8 Å². The molecule has 192 valence electrons. The maximum Gasteiger partial charge on any atom is 0.391 e. The van der Waals surface area contributed by atoms with E-state index < -0.39 is 34.6 Å². The van der Waals surface area contributed by atoms with E-state index in [9.17, 15) is 14.4 Å². The average molecular weight is 518 g/mol. The summed E-state index contributed by atoms with van der Waals surface area (Å²) in [6.45, 7) is 1.54. The molecule has 0 spiro atoms. The molecule has 9 heteroatoms. The fourth-order valence-electron chi connectivity index (χ4n) is 5.88. The summed E-state index contributed by atoms with van der Waals surface area (Å²) in [4.78, 5) is 49.0. The monoisotopic (exact) mass is 517 g/mol. The van der Waals surface area contributed by atoms with Crippen molar-refractivity contribution in [1.29, 1.82) is 0 Å². The molecule has 4 heterocycles. The number of likely N-dealkylation sites (N-methyl/N-ethyl adjacent to an activating group) is 1. The fourth-order valence-corrected chi connectivity index (χ4v) is 5.88. The summed E-state index contributed by atoms with van der Waals surface area (Å²) in [5.41, 5.74) is 9.82. The van der Waals surface area contributed by atoms with Gasteiger partial charge in [-0.15, -0.1) is 9.60 Å². The maximum atomic E-state index is 14.7. The normalized spacial score (nSPS) is 22.2. The first kappa shape index (κ1) is 23.3. The molecule has 2 N–H and O–H groups in total. The molecule has 0 aromatic heterocycles. The third-order valence-electron chi connectivity index (χ3n) is 7.71. The number of aliphatic imine (C=N–C) groups is 1. The van der Waals surface area contributed by atoms with E-state index in [0.29, 0.717) is 28.3 Å². The lowest BCUT2D eigenvalue weighted by molar-refractivity contribution is -0.166. The number of benzene rings is 4. The van der Waals surface area contributed by atoms with E-state index >= 15 is 0 Å². The number of nitrogens with two attached hydrogens (primary N) is 1. The van der Waals surface area contributed by atoms with Crippen LogP contribution in [-0.2, 0) is 9.59 Å². The lowest BCUT2D eigenvalue weighted by Crippen LogP contribution is -2.67. The van der Waals surface area contributed by atoms with Crippen molar-refractivity contribution in [2.75, 3.05) is 11.9 Å². The van der Waals surface area contributed by atoms with E-state index in [0.717, 1.165) is 16.3 Å². The Bertz CT molecular complexity index is 1750. The molecule has 0 saturated carbocycles. The van der Waals surface area contributed by atoms with Gasteiger partial charge in [-0.1, -0.05) is 77.9 Å². The predicted octanol–water partition coefficient (Wildman–Crippen LogP) is 4.07. The van der Waals surface area contributed by atoms with Crippen molar-refractivity contribution >= 4 is 51.4 Å². The molecule has 6 bridgehead atoms. The minimum Gasteiger partial charge on any atom is -0.320 e. The Morgan fingerprint density at radius 3 is 2.33 bits per heavy atom. The van der Waals surface area contributed by atoms with Gasteiger partial charge in [0.15, 0.2) is 5.69 Å². The number of rotatable bonds is 3. The van der Waals surface area contributed by atoms with Crippen LogP contribution in [-0.4, -0.2) is 52.9 Å². The standard InChI is InChI=1S/C30H25N6O3/c1-18(31)28(37)35-34-27-29(38)36(35,2)24-17-9-16-23(25(24)26(32-27)20-11-4-3-5-12-20)33(30(34)39)22-15-8-13-19-10-6-7-14-21(19)22/h3-18,27H,31H2,1-2H3/q+1/t18-,27?,36+/m0/s1. The fraction of sp³-hybridized carbons (Fsp3) is 0.133. The molecule has 4 aromatic carbocycles. The summed E-state index contributed by atoms with van der Waals surface area (Å²) >= 11 is 0. The summed E-state index contributed by atoms with van der Waals surface area (Å²) in [6, 6.07) is 27.1. The van der Waals surface area contributed by atoms with Crippen molar-refractivity contribution < 1.29 is 14.4 Å². The smallest absolute Gasteiger partial charge is 0.320 e. The molecule has 39 heavy (non-hydrogen) atoms. The number of hydrogen-bond donors (Lipinski definition) is 1. The van der Waals surface area contributed by atoms with Crippen LogP contribution >= 0.6 is 0 Å². The van der Waals surface area contributed by atoms with Crippen molar-refractivity contribution in [3.63, 3.8) is 0 Å². The van der Waals surface area contributed by atoms with E-state index in [1.165, 1.54) is 10.1 Å². The zero-order valence-electron chi connectivity index (χ0n) is 21.4. The van der Waals surface area contributed by atoms with Gasteiger partial charge in [-0.25, -0.2) is 14.6 Å². The number of carbonyl (C=O) groups excluding carboxylic acids is 3. The van der Waals surface area contributed by atoms with Gasteiger partial charge >= 0.3 is 17.8 Å². The highest BCUT2D eigenvalue weighted by Crippen LogP contribution is 2.49. The Morgan fingerprint density at radius 1 is 0.897 bits per heavy atom. The highest BCUT2D eigenvalue weighted by molar-refractivity contribution is 6.26. The number of amides is 4. The van der Waals surface area contributed by atoms with E-state index in [2.05, 4.69) is 0 Å². The lowest BCUT2D eigenvalue weighted by Gasteiger charge is -2.42. The van der Waals surface area contributed by atoms with Crippen molar-refractivity contribution in [2.45, 2.75) is 19.1 Å². The summed E-state index contributed by atoms with van der Waals surface area (Å²) in [5, 5.41) is 4.18. The zero-order valence-corrected chi connectivity index (χ0v) is 21.4. The Morgan fingerprint density at radius 2 is 1.56 bits per heavy atom. The molecular weight excluding hydrogens is 492 g/mol. The van der Waals surface area contributed by atoms with Crippen molar-refractivity contribution in [2.24, 2.45) is 10.7 Å². The van der Waals surface area contributed by atoms with Gasteiger partial charge in [0.1, 0.15) is 7.05 Å². The maximum absolute atomic E-state index is 14.7. The van der Waals surface area contributed by atoms with Crippen molar-refractivity contribution in [3.8, 4) is 0 Å². The molecule has 4 aliphatic rings. The molecule has 4 amide bonds. The third kappa shape index (κ3) is 2.96. The van der Waals surface area contributed by atoms with Crippen LogP contribution < -0.4 is 15.2 Å². The van der Waals surface area contributed by atoms with E-state index in [-0.39, 0.29) is 0 Å². The second-order valence-corrected chi connectivity index (χ2v) is 10.1. The first-order valence-electron chi connectivity index (χ1n) is 12.7. The van der Waals surface area contributed by atoms with Crippen LogP contribution in [0.3, 0.4) is 0 Å². The quantitative estimate of drug-likeness (QED) is 0.414. The van der Waals surface area contributed by atoms with Crippen LogP contribution in [0.4, 0.5) is 21.9 Å². The van der Waals surface area contributed by atoms with Crippen LogP contribution in [0.1, 0.15) is 18.1 Å². The first-order valence-corrected chi connectivity index (χ1v) is 12.7. The molecule has 4 aliphatic heterocycles. The van der Waals surface area contributed by atoms with Gasteiger partial charge in [0, 0.05) is 17.0 Å². The minimum atomic E-state index is -1.27. The molecule has 0 radical (unpaired) electrons. The summed E-state index contributed by atoms with van der Waals surface area (Å²) in [7, 11) is 1.63. The number of quaternary nitrogens is 1. The number of nitrogens with zero attached hydrogens (tertiary/aromatic N) is 5. The minimum absolute atomic E-state index is 0.415. The van der Waals surface area contributed by atoms with Crippen LogP contribution in [0.15, 0.2) is 96.0 Å². The molecule has 4 aromatic rings. The van der Waals surface area contributed by atoms with Crippen molar-refractivity contribution in [3.05, 3.63) is 102 Å². The molecule has 1 fully saturated rings. The van der Waals surface area contributed by atoms with Gasteiger partial charge in [0.2, 0.25) is 0 Å². The molecule has 8 rings (SSSR count). The first-order chi connectivity index (χ1) is 18.8. The van der Waals surface area contributed by atoms with Crippen LogP contribution in [0, 0.1) is 0 Å². The second-order valence-electron chi connectivity index (χ2n) is 10.1. The van der Waals surface area contributed by atoms with Gasteiger partial charge in [0.05, 0.1) is 28.7 Å². The number of anilines is 2. The number of hydrogen-bond acceptors (Lipinski definition) is 5. The molecule has 0 aliphatic carbocycles. The number of urea groups is 1. The molecule has 1 unspecified atom stereocenters. The average Bonchev–Trinajstić information content (AvgIpc) is 3.11. The Kier molecular flexibility index (Phi) is 4.81. The van der Waals surface area contributed by atoms with Crippen LogP contribution in [0.5, 0.6) is 0 Å². The van der Waals surface area contributed by atoms with Crippen molar-refractivity contribution in [1.82, 2.24) is 14.7 Å². The molecule has 1 saturated heterocycles. The predicted molar refractivity (Wildman–Crippen MR) is 149 cm³/mol. The van der Waals surface area contributed by atoms with Gasteiger partial charge in [-0.3, -0.25) is 9.69 Å². The lowest BCUT2D eigenvalue weighted by atomic mass is 9.96. The SMILES string of the molecule is C[C@H](N)C(=O)N1N2C(=O)N(c3cccc4ccccc34)c3cccc4c3C(c3ccccc3)=NC2C(=O)[N@@+]41C. The van der Waals surface area contributed by atoms with E-state index in [1.54, 1.807) is 18.9 Å². The largest absolute Gasteiger partial charge is 0.391 e. The topological polar surface area (TPSA) is 99.3 Å². The molecule has 9 nitrogen and oxygen atoms in total. The van der Waals surface area contributed by atoms with Gasteiger partial charge < -0.3 is 5.73 Å². The Labute approximate surface area is 224 Å². The van der Waals surface area contributed by atoms with E-state index in [4.69, 9.17) is 10.7 Å². The highest BCUT2D eigenvalue weighted by Gasteiger charge is 2.67. The summed E-state index contributed by atoms with van der Waals surface area (Å²) in [6.07, 6.45) is -1.27. The Balaban J connectivity index is 1.63. The van der Waals surface area contributed by atoms with E-state index in [1.807, 2.05) is 91.0 Å². The number of hydrazine groups is 1. The Hall–Kier alpha value is -4.86. The number of fused-ring (bicyclic) bond motifs is 2. The second kappa shape index (κ2) is 8.07. The zero-order chi connectivity index (χ0) is 27.1. The number of carbonyl (C=O) groups is 3. The molecule has 3 atom stereocenters. The molecular formula is C30H25N6O3+. The van der Waals surface area contributed by atoms with Gasteiger partial charge in [-0.2, -0.15) is 0 Å². The highest BCUT2D eigenvalue weighted by atomic mass is 16.3. The third-order valence-corrected chi connectivity index (χ3v) is 7.71. The van der Waals surface area contributed by atoms with Gasteiger partial charge in [0.25, 0.3) is 6.17 Å².